The van der Waals surface area contributed by atoms with Crippen LogP contribution in [0, 0.1) is 6.92 Å². The summed E-state index contributed by atoms with van der Waals surface area (Å²) in [5, 5.41) is 3.86. The molecule has 1 heterocycles. The Morgan fingerprint density at radius 2 is 1.94 bits per heavy atom. The molecular formula is C13H16N2O. The quantitative estimate of drug-likeness (QED) is 0.837. The van der Waals surface area contributed by atoms with Crippen molar-refractivity contribution in [2.45, 2.75) is 26.7 Å². The van der Waals surface area contributed by atoms with Crippen molar-refractivity contribution in [2.24, 2.45) is 0 Å². The maximum atomic E-state index is 5.88. The van der Waals surface area contributed by atoms with Gasteiger partial charge in [-0.1, -0.05) is 43.3 Å². The van der Waals surface area contributed by atoms with Crippen LogP contribution in [0.5, 0.6) is 0 Å². The summed E-state index contributed by atoms with van der Waals surface area (Å²) in [6.07, 6.45) is 0. The molecule has 0 spiro atoms. The van der Waals surface area contributed by atoms with Gasteiger partial charge in [-0.25, -0.2) is 0 Å². The Bertz CT molecular complexity index is 500. The third kappa shape index (κ3) is 1.69. The first kappa shape index (κ1) is 10.7. The van der Waals surface area contributed by atoms with Gasteiger partial charge in [-0.15, -0.1) is 0 Å². The summed E-state index contributed by atoms with van der Waals surface area (Å²) in [4.78, 5) is 0. The van der Waals surface area contributed by atoms with Crippen LogP contribution in [0.15, 0.2) is 28.8 Å². The van der Waals surface area contributed by atoms with Crippen LogP contribution in [0.2, 0.25) is 0 Å². The Hall–Kier alpha value is -1.77. The predicted molar refractivity (Wildman–Crippen MR) is 65.2 cm³/mol. The Morgan fingerprint density at radius 3 is 2.56 bits per heavy atom. The maximum absolute atomic E-state index is 5.88. The molecule has 0 aliphatic carbocycles. The van der Waals surface area contributed by atoms with Gasteiger partial charge in [0.05, 0.1) is 5.56 Å². The monoisotopic (exact) mass is 216 g/mol. The van der Waals surface area contributed by atoms with E-state index in [1.807, 2.05) is 18.2 Å². The van der Waals surface area contributed by atoms with E-state index in [1.54, 1.807) is 0 Å². The van der Waals surface area contributed by atoms with Crippen LogP contribution >= 0.6 is 0 Å². The maximum Gasteiger partial charge on any atom is 0.175 e. The largest absolute Gasteiger partial charge is 0.380 e. The van der Waals surface area contributed by atoms with E-state index in [-0.39, 0.29) is 5.92 Å². The lowest BCUT2D eigenvalue weighted by atomic mass is 9.96. The topological polar surface area (TPSA) is 52.0 Å². The van der Waals surface area contributed by atoms with Crippen LogP contribution in [0.3, 0.4) is 0 Å². The molecule has 0 bridgehead atoms. The van der Waals surface area contributed by atoms with Gasteiger partial charge in [0.25, 0.3) is 0 Å². The highest BCUT2D eigenvalue weighted by Crippen LogP contribution is 2.35. The van der Waals surface area contributed by atoms with Gasteiger partial charge in [0, 0.05) is 5.92 Å². The van der Waals surface area contributed by atoms with E-state index in [4.69, 9.17) is 10.3 Å². The van der Waals surface area contributed by atoms with Crippen LogP contribution in [0.25, 0.3) is 11.1 Å². The molecule has 3 nitrogen and oxygen atoms in total. The molecule has 0 amide bonds. The van der Waals surface area contributed by atoms with E-state index in [2.05, 4.69) is 32.0 Å². The van der Waals surface area contributed by atoms with Crippen LogP contribution in [0.1, 0.15) is 31.1 Å². The fourth-order valence-corrected chi connectivity index (χ4v) is 1.83. The number of benzene rings is 1. The van der Waals surface area contributed by atoms with Crippen LogP contribution < -0.4 is 5.73 Å². The van der Waals surface area contributed by atoms with E-state index in [1.165, 1.54) is 5.56 Å². The number of hydrogen-bond acceptors (Lipinski definition) is 3. The molecule has 2 N–H and O–H groups in total. The number of anilines is 1. The summed E-state index contributed by atoms with van der Waals surface area (Å²) in [5.74, 6) is 1.60. The number of nitrogen functional groups attached to an aromatic ring is 1. The van der Waals surface area contributed by atoms with Crippen molar-refractivity contribution >= 4 is 5.82 Å². The average Bonchev–Trinajstić information content (AvgIpc) is 2.61. The summed E-state index contributed by atoms with van der Waals surface area (Å²) in [7, 11) is 0. The molecule has 3 heteroatoms. The van der Waals surface area contributed by atoms with Gasteiger partial charge in [0.15, 0.2) is 5.82 Å². The standard InChI is InChI=1S/C13H16N2O/c1-8(2)12-11(13(14)15-16-12)10-7-5-4-6-9(10)3/h4-8H,1-3H3,(H2,14,15). The second-order valence-corrected chi connectivity index (χ2v) is 4.28. The van der Waals surface area contributed by atoms with E-state index in [0.717, 1.165) is 16.9 Å². The normalized spacial score (nSPS) is 11.0. The highest BCUT2D eigenvalue weighted by molar-refractivity contribution is 5.78. The molecule has 0 aliphatic rings. The minimum absolute atomic E-state index is 0.277. The van der Waals surface area contributed by atoms with E-state index < -0.39 is 0 Å². The molecule has 1 aromatic heterocycles. The molecule has 1 aromatic carbocycles. The van der Waals surface area contributed by atoms with Gasteiger partial charge in [-0.3, -0.25) is 0 Å². The number of nitrogens with two attached hydrogens (primary N) is 1. The number of aryl methyl sites for hydroxylation is 1. The highest BCUT2D eigenvalue weighted by Gasteiger charge is 2.19. The van der Waals surface area contributed by atoms with Crippen molar-refractivity contribution < 1.29 is 4.52 Å². The zero-order chi connectivity index (χ0) is 11.7. The van der Waals surface area contributed by atoms with Crippen molar-refractivity contribution in [3.8, 4) is 11.1 Å². The molecule has 0 fully saturated rings. The van der Waals surface area contributed by atoms with Crippen molar-refractivity contribution in [1.29, 1.82) is 0 Å². The minimum Gasteiger partial charge on any atom is -0.380 e. The molecule has 0 atom stereocenters. The second kappa shape index (κ2) is 4.00. The van der Waals surface area contributed by atoms with Crippen molar-refractivity contribution in [1.82, 2.24) is 5.16 Å². The first-order valence-corrected chi connectivity index (χ1v) is 5.42. The summed E-state index contributed by atoms with van der Waals surface area (Å²) >= 11 is 0. The number of hydrogen-bond donors (Lipinski definition) is 1. The lowest BCUT2D eigenvalue weighted by Crippen LogP contribution is -1.93. The molecule has 2 aromatic rings. The van der Waals surface area contributed by atoms with Crippen molar-refractivity contribution in [2.75, 3.05) is 5.73 Å². The van der Waals surface area contributed by atoms with E-state index in [9.17, 15) is 0 Å². The molecule has 2 rings (SSSR count). The van der Waals surface area contributed by atoms with E-state index >= 15 is 0 Å². The fraction of sp³-hybridized carbons (Fsp3) is 0.308. The minimum atomic E-state index is 0.277. The lowest BCUT2D eigenvalue weighted by molar-refractivity contribution is 0.374. The van der Waals surface area contributed by atoms with Gasteiger partial charge in [-0.05, 0) is 18.1 Å². The highest BCUT2D eigenvalue weighted by atomic mass is 16.5. The summed E-state index contributed by atoms with van der Waals surface area (Å²) in [6.45, 7) is 6.20. The average molecular weight is 216 g/mol. The zero-order valence-electron chi connectivity index (χ0n) is 9.82. The molecule has 0 aliphatic heterocycles. The lowest BCUT2D eigenvalue weighted by Gasteiger charge is -2.07. The van der Waals surface area contributed by atoms with Crippen molar-refractivity contribution in [3.05, 3.63) is 35.6 Å². The Kier molecular flexibility index (Phi) is 2.69. The van der Waals surface area contributed by atoms with Crippen molar-refractivity contribution in [3.63, 3.8) is 0 Å². The number of aromatic nitrogens is 1. The predicted octanol–water partition coefficient (Wildman–Crippen LogP) is 3.36. The smallest absolute Gasteiger partial charge is 0.175 e. The summed E-state index contributed by atoms with van der Waals surface area (Å²) in [5.41, 5.74) is 9.09. The van der Waals surface area contributed by atoms with Gasteiger partial charge in [0.1, 0.15) is 5.76 Å². The Morgan fingerprint density at radius 1 is 1.25 bits per heavy atom. The summed E-state index contributed by atoms with van der Waals surface area (Å²) in [6, 6.07) is 8.12. The van der Waals surface area contributed by atoms with E-state index in [0.29, 0.717) is 5.82 Å². The Balaban J connectivity index is 2.64. The first-order valence-electron chi connectivity index (χ1n) is 5.42. The molecule has 0 saturated heterocycles. The van der Waals surface area contributed by atoms with Gasteiger partial charge in [-0.2, -0.15) is 0 Å². The first-order chi connectivity index (χ1) is 7.61. The van der Waals surface area contributed by atoms with Crippen LogP contribution in [0.4, 0.5) is 5.82 Å². The fourth-order valence-electron chi connectivity index (χ4n) is 1.83. The van der Waals surface area contributed by atoms with Crippen LogP contribution in [-0.4, -0.2) is 5.16 Å². The molecule has 84 valence electrons. The number of nitrogens with zero attached hydrogens (tertiary/aromatic N) is 1. The second-order valence-electron chi connectivity index (χ2n) is 4.28. The Labute approximate surface area is 95.3 Å². The molecule has 0 radical (unpaired) electrons. The molecule has 0 saturated carbocycles. The van der Waals surface area contributed by atoms with Gasteiger partial charge < -0.3 is 10.3 Å². The van der Waals surface area contributed by atoms with Gasteiger partial charge in [0.2, 0.25) is 0 Å². The molecule has 16 heavy (non-hydrogen) atoms. The van der Waals surface area contributed by atoms with Gasteiger partial charge >= 0.3 is 0 Å². The third-order valence-electron chi connectivity index (χ3n) is 2.68. The SMILES string of the molecule is Cc1ccccc1-c1c(N)noc1C(C)C. The third-order valence-corrected chi connectivity index (χ3v) is 2.68. The number of rotatable bonds is 2. The molecule has 0 unspecified atom stereocenters. The van der Waals surface area contributed by atoms with Crippen LogP contribution in [-0.2, 0) is 0 Å². The zero-order valence-corrected chi connectivity index (χ0v) is 9.82. The summed E-state index contributed by atoms with van der Waals surface area (Å²) < 4.78 is 5.29. The molecular weight excluding hydrogens is 200 g/mol.